The molecule has 1 saturated carbocycles. The number of hydrogen-bond acceptors (Lipinski definition) is 4. The smallest absolute Gasteiger partial charge is 0.279 e. The first-order valence-electron chi connectivity index (χ1n) is 8.07. The maximum atomic E-state index is 5.32. The van der Waals surface area contributed by atoms with Gasteiger partial charge in [-0.25, -0.2) is 0 Å². The summed E-state index contributed by atoms with van der Waals surface area (Å²) < 4.78 is 7.45. The van der Waals surface area contributed by atoms with Crippen molar-refractivity contribution in [3.63, 3.8) is 0 Å². The second-order valence-electron chi connectivity index (χ2n) is 6.20. The molecule has 0 radical (unpaired) electrons. The van der Waals surface area contributed by atoms with Gasteiger partial charge in [0.15, 0.2) is 11.5 Å². The highest BCUT2D eigenvalue weighted by molar-refractivity contribution is 5.91. The fourth-order valence-corrected chi connectivity index (χ4v) is 3.43. The summed E-state index contributed by atoms with van der Waals surface area (Å²) in [5.74, 6) is 1.88. The van der Waals surface area contributed by atoms with Gasteiger partial charge in [-0.1, -0.05) is 42.6 Å². The van der Waals surface area contributed by atoms with E-state index in [2.05, 4.69) is 33.0 Å². The number of fused-ring (bicyclic) bond motifs is 1. The molecule has 0 atom stereocenters. The van der Waals surface area contributed by atoms with E-state index in [1.165, 1.54) is 32.1 Å². The molecule has 1 aliphatic carbocycles. The highest BCUT2D eigenvalue weighted by Crippen LogP contribution is 2.30. The molecule has 4 rings (SSSR count). The first kappa shape index (κ1) is 13.5. The Bertz CT molecular complexity index is 783. The number of aromatic nitrogens is 4. The summed E-state index contributed by atoms with van der Waals surface area (Å²) in [6, 6.07) is 8.29. The minimum Gasteiger partial charge on any atom is -0.332 e. The van der Waals surface area contributed by atoms with Crippen molar-refractivity contribution in [2.45, 2.75) is 45.6 Å². The lowest BCUT2D eigenvalue weighted by molar-refractivity contribution is 0.312. The normalized spacial score (nSPS) is 16.4. The molecule has 2 aromatic heterocycles. The summed E-state index contributed by atoms with van der Waals surface area (Å²) >= 11 is 0. The van der Waals surface area contributed by atoms with Crippen molar-refractivity contribution in [1.29, 1.82) is 0 Å². The minimum atomic E-state index is 0.510. The van der Waals surface area contributed by atoms with Crippen LogP contribution in [0.15, 0.2) is 28.8 Å². The molecule has 1 aliphatic rings. The standard InChI is InChI=1S/C17H20N4O/c1-12-18-17(22-20-12)16-14-9-5-6-10-15(14)21(19-16)11-13-7-3-2-4-8-13/h5-6,9-10,13H,2-4,7-8,11H2,1H3. The van der Waals surface area contributed by atoms with Crippen molar-refractivity contribution in [1.82, 2.24) is 19.9 Å². The molecule has 0 N–H and O–H groups in total. The molecular formula is C17H20N4O. The zero-order chi connectivity index (χ0) is 14.9. The van der Waals surface area contributed by atoms with Crippen molar-refractivity contribution in [2.75, 3.05) is 0 Å². The molecule has 0 saturated heterocycles. The van der Waals surface area contributed by atoms with Crippen LogP contribution in [0.5, 0.6) is 0 Å². The van der Waals surface area contributed by atoms with Crippen molar-refractivity contribution < 1.29 is 4.52 Å². The Morgan fingerprint density at radius 3 is 2.77 bits per heavy atom. The van der Waals surface area contributed by atoms with Crippen LogP contribution in [0.2, 0.25) is 0 Å². The summed E-state index contributed by atoms with van der Waals surface area (Å²) in [4.78, 5) is 4.34. The molecule has 22 heavy (non-hydrogen) atoms. The molecule has 2 heterocycles. The largest absolute Gasteiger partial charge is 0.332 e. The van der Waals surface area contributed by atoms with E-state index >= 15 is 0 Å². The van der Waals surface area contributed by atoms with E-state index in [9.17, 15) is 0 Å². The third-order valence-corrected chi connectivity index (χ3v) is 4.54. The third kappa shape index (κ3) is 2.40. The molecule has 0 amide bonds. The van der Waals surface area contributed by atoms with Crippen LogP contribution < -0.4 is 0 Å². The lowest BCUT2D eigenvalue weighted by Gasteiger charge is -2.21. The number of aryl methyl sites for hydroxylation is 1. The Labute approximate surface area is 129 Å². The van der Waals surface area contributed by atoms with Crippen LogP contribution in [-0.4, -0.2) is 19.9 Å². The van der Waals surface area contributed by atoms with Gasteiger partial charge in [0.05, 0.1) is 5.52 Å². The SMILES string of the molecule is Cc1noc(-c2nn(CC3CCCCC3)c3ccccc23)n1. The van der Waals surface area contributed by atoms with Gasteiger partial charge in [-0.05, 0) is 31.7 Å². The first-order chi connectivity index (χ1) is 10.8. The fraction of sp³-hybridized carbons (Fsp3) is 0.471. The van der Waals surface area contributed by atoms with Crippen molar-refractivity contribution >= 4 is 10.9 Å². The van der Waals surface area contributed by atoms with Crippen LogP contribution in [0.25, 0.3) is 22.5 Å². The van der Waals surface area contributed by atoms with Crippen LogP contribution in [0.4, 0.5) is 0 Å². The quantitative estimate of drug-likeness (QED) is 0.733. The molecule has 5 nitrogen and oxygen atoms in total. The summed E-state index contributed by atoms with van der Waals surface area (Å²) in [6.45, 7) is 2.81. The lowest BCUT2D eigenvalue weighted by Crippen LogP contribution is -2.15. The van der Waals surface area contributed by atoms with Crippen LogP contribution in [0.1, 0.15) is 37.9 Å². The van der Waals surface area contributed by atoms with E-state index in [0.29, 0.717) is 11.7 Å². The van der Waals surface area contributed by atoms with Gasteiger partial charge >= 0.3 is 0 Å². The van der Waals surface area contributed by atoms with Gasteiger partial charge in [-0.15, -0.1) is 0 Å². The fourth-order valence-electron chi connectivity index (χ4n) is 3.43. The van der Waals surface area contributed by atoms with E-state index in [4.69, 9.17) is 9.62 Å². The second-order valence-corrected chi connectivity index (χ2v) is 6.20. The number of hydrogen-bond donors (Lipinski definition) is 0. The predicted octanol–water partition coefficient (Wildman–Crippen LogP) is 3.98. The molecule has 0 aliphatic heterocycles. The molecule has 114 valence electrons. The van der Waals surface area contributed by atoms with Gasteiger partial charge in [0.1, 0.15) is 0 Å². The van der Waals surface area contributed by atoms with Crippen molar-refractivity contribution in [3.8, 4) is 11.6 Å². The average Bonchev–Trinajstić information content (AvgIpc) is 3.13. The maximum Gasteiger partial charge on any atom is 0.279 e. The highest BCUT2D eigenvalue weighted by Gasteiger charge is 2.20. The maximum absolute atomic E-state index is 5.32. The number of para-hydroxylation sites is 1. The topological polar surface area (TPSA) is 56.7 Å². The zero-order valence-electron chi connectivity index (χ0n) is 12.8. The van der Waals surface area contributed by atoms with Crippen LogP contribution >= 0.6 is 0 Å². The van der Waals surface area contributed by atoms with Crippen molar-refractivity contribution in [3.05, 3.63) is 30.1 Å². The molecule has 3 aromatic rings. The van der Waals surface area contributed by atoms with Crippen molar-refractivity contribution in [2.24, 2.45) is 5.92 Å². The van der Waals surface area contributed by atoms with Gasteiger partial charge in [-0.2, -0.15) is 10.1 Å². The van der Waals surface area contributed by atoms with Gasteiger partial charge in [-0.3, -0.25) is 4.68 Å². The van der Waals surface area contributed by atoms with E-state index < -0.39 is 0 Å². The third-order valence-electron chi connectivity index (χ3n) is 4.54. The average molecular weight is 296 g/mol. The van der Waals surface area contributed by atoms with Crippen LogP contribution in [0.3, 0.4) is 0 Å². The Balaban J connectivity index is 1.75. The first-order valence-corrected chi connectivity index (χ1v) is 8.07. The van der Waals surface area contributed by atoms with Gasteiger partial charge < -0.3 is 4.52 Å². The minimum absolute atomic E-state index is 0.510. The number of nitrogens with zero attached hydrogens (tertiary/aromatic N) is 4. The zero-order valence-corrected chi connectivity index (χ0v) is 12.8. The van der Waals surface area contributed by atoms with E-state index in [0.717, 1.165) is 29.1 Å². The van der Waals surface area contributed by atoms with E-state index in [1.807, 2.05) is 13.0 Å². The molecule has 0 unspecified atom stereocenters. The molecule has 0 bridgehead atoms. The number of rotatable bonds is 3. The van der Waals surface area contributed by atoms with E-state index in [-0.39, 0.29) is 0 Å². The molecule has 1 fully saturated rings. The van der Waals surface area contributed by atoms with Gasteiger partial charge in [0, 0.05) is 11.9 Å². The molecular weight excluding hydrogens is 276 g/mol. The highest BCUT2D eigenvalue weighted by atomic mass is 16.5. The van der Waals surface area contributed by atoms with Gasteiger partial charge in [0.25, 0.3) is 5.89 Å². The second kappa shape index (κ2) is 5.55. The monoisotopic (exact) mass is 296 g/mol. The Morgan fingerprint density at radius 2 is 2.00 bits per heavy atom. The predicted molar refractivity (Wildman–Crippen MR) is 84.3 cm³/mol. The summed E-state index contributed by atoms with van der Waals surface area (Å²) in [6.07, 6.45) is 6.69. The Morgan fingerprint density at radius 1 is 1.18 bits per heavy atom. The Hall–Kier alpha value is -2.17. The van der Waals surface area contributed by atoms with Crippen LogP contribution in [-0.2, 0) is 6.54 Å². The molecule has 5 heteroatoms. The Kier molecular flexibility index (Phi) is 3.41. The number of benzene rings is 1. The van der Waals surface area contributed by atoms with Gasteiger partial charge in [0.2, 0.25) is 0 Å². The summed E-state index contributed by atoms with van der Waals surface area (Å²) in [5, 5.41) is 9.76. The lowest BCUT2D eigenvalue weighted by atomic mass is 9.89. The summed E-state index contributed by atoms with van der Waals surface area (Å²) in [7, 11) is 0. The van der Waals surface area contributed by atoms with Crippen LogP contribution in [0, 0.1) is 12.8 Å². The van der Waals surface area contributed by atoms with E-state index in [1.54, 1.807) is 0 Å². The molecule has 1 aromatic carbocycles. The summed E-state index contributed by atoms with van der Waals surface area (Å²) in [5.41, 5.74) is 1.95. The molecule has 0 spiro atoms.